The Balaban J connectivity index is 0.00000192. The Labute approximate surface area is 147 Å². The van der Waals surface area contributed by atoms with Crippen molar-refractivity contribution in [3.05, 3.63) is 0 Å². The lowest BCUT2D eigenvalue weighted by Crippen LogP contribution is -2.52. The molecule has 0 spiro atoms. The van der Waals surface area contributed by atoms with Crippen molar-refractivity contribution in [3.63, 3.8) is 0 Å². The quantitative estimate of drug-likeness (QED) is 0.744. The van der Waals surface area contributed by atoms with Crippen LogP contribution in [0.1, 0.15) is 51.4 Å². The number of ether oxygens (including phenoxy) is 2. The summed E-state index contributed by atoms with van der Waals surface area (Å²) in [5.74, 6) is 0.751. The Morgan fingerprint density at radius 2 is 2.04 bits per heavy atom. The molecule has 3 aliphatic rings. The van der Waals surface area contributed by atoms with E-state index in [1.54, 1.807) is 0 Å². The van der Waals surface area contributed by atoms with Crippen LogP contribution in [0.15, 0.2) is 0 Å². The van der Waals surface area contributed by atoms with Gasteiger partial charge in [0.2, 0.25) is 0 Å². The SMILES string of the molecule is COCCC1(CNC2CCCC2C2COCCN2)CCCC1.Cl. The number of hydrogen-bond acceptors (Lipinski definition) is 4. The molecular weight excluding hydrogens is 312 g/mol. The average Bonchev–Trinajstić information content (AvgIpc) is 3.22. The fourth-order valence-corrected chi connectivity index (χ4v) is 4.89. The van der Waals surface area contributed by atoms with E-state index in [1.165, 1.54) is 57.9 Å². The molecule has 0 aromatic carbocycles. The van der Waals surface area contributed by atoms with Gasteiger partial charge in [0.1, 0.15) is 0 Å². The van der Waals surface area contributed by atoms with Crippen LogP contribution in [0.3, 0.4) is 0 Å². The minimum absolute atomic E-state index is 0. The van der Waals surface area contributed by atoms with E-state index in [1.807, 2.05) is 7.11 Å². The number of rotatable bonds is 7. The topological polar surface area (TPSA) is 42.5 Å². The second-order valence-electron chi connectivity index (χ2n) is 7.67. The summed E-state index contributed by atoms with van der Waals surface area (Å²) in [6.07, 6.45) is 10.8. The highest BCUT2D eigenvalue weighted by Crippen LogP contribution is 2.41. The van der Waals surface area contributed by atoms with E-state index in [0.29, 0.717) is 17.5 Å². The van der Waals surface area contributed by atoms with Gasteiger partial charge in [-0.05, 0) is 43.4 Å². The summed E-state index contributed by atoms with van der Waals surface area (Å²) >= 11 is 0. The van der Waals surface area contributed by atoms with Crippen LogP contribution < -0.4 is 10.6 Å². The first-order valence-corrected chi connectivity index (χ1v) is 9.36. The smallest absolute Gasteiger partial charge is 0.0623 e. The fraction of sp³-hybridized carbons (Fsp3) is 1.00. The van der Waals surface area contributed by atoms with Crippen LogP contribution in [-0.2, 0) is 9.47 Å². The van der Waals surface area contributed by atoms with Crippen LogP contribution in [-0.4, -0.2) is 52.1 Å². The van der Waals surface area contributed by atoms with Crippen molar-refractivity contribution in [2.75, 3.05) is 40.0 Å². The lowest BCUT2D eigenvalue weighted by molar-refractivity contribution is 0.0509. The highest BCUT2D eigenvalue weighted by molar-refractivity contribution is 5.85. The number of methoxy groups -OCH3 is 1. The average molecular weight is 347 g/mol. The van der Waals surface area contributed by atoms with E-state index < -0.39 is 0 Å². The first kappa shape index (κ1) is 19.5. The van der Waals surface area contributed by atoms with E-state index in [9.17, 15) is 0 Å². The van der Waals surface area contributed by atoms with Gasteiger partial charge < -0.3 is 20.1 Å². The zero-order valence-electron chi connectivity index (χ0n) is 14.6. The molecule has 3 rings (SSSR count). The number of halogens is 1. The molecule has 5 heteroatoms. The normalized spacial score (nSPS) is 33.5. The zero-order valence-corrected chi connectivity index (χ0v) is 15.5. The Morgan fingerprint density at radius 3 is 2.74 bits per heavy atom. The molecule has 0 bridgehead atoms. The molecule has 3 unspecified atom stereocenters. The van der Waals surface area contributed by atoms with Crippen molar-refractivity contribution < 1.29 is 9.47 Å². The maximum Gasteiger partial charge on any atom is 0.0623 e. The van der Waals surface area contributed by atoms with Crippen molar-refractivity contribution >= 4 is 12.4 Å². The summed E-state index contributed by atoms with van der Waals surface area (Å²) in [4.78, 5) is 0. The molecular formula is C18H35ClN2O2. The number of nitrogens with one attached hydrogen (secondary N) is 2. The summed E-state index contributed by atoms with van der Waals surface area (Å²) in [6.45, 7) is 4.89. The molecule has 0 amide bonds. The third-order valence-corrected chi connectivity index (χ3v) is 6.28. The van der Waals surface area contributed by atoms with E-state index in [2.05, 4.69) is 10.6 Å². The molecule has 1 heterocycles. The molecule has 2 saturated carbocycles. The molecule has 2 aliphatic carbocycles. The summed E-state index contributed by atoms with van der Waals surface area (Å²) < 4.78 is 11.0. The summed E-state index contributed by atoms with van der Waals surface area (Å²) in [5, 5.41) is 7.65. The van der Waals surface area contributed by atoms with Gasteiger partial charge in [0.15, 0.2) is 0 Å². The van der Waals surface area contributed by atoms with Crippen LogP contribution in [0.4, 0.5) is 0 Å². The summed E-state index contributed by atoms with van der Waals surface area (Å²) in [5.41, 5.74) is 0.500. The molecule has 3 atom stereocenters. The third kappa shape index (κ3) is 5.05. The van der Waals surface area contributed by atoms with Gasteiger partial charge in [0.25, 0.3) is 0 Å². The van der Waals surface area contributed by atoms with E-state index in [4.69, 9.17) is 9.47 Å². The van der Waals surface area contributed by atoms with Gasteiger partial charge in [0, 0.05) is 38.9 Å². The molecule has 23 heavy (non-hydrogen) atoms. The second-order valence-corrected chi connectivity index (χ2v) is 7.67. The molecule has 136 valence electrons. The van der Waals surface area contributed by atoms with E-state index >= 15 is 0 Å². The maximum atomic E-state index is 5.69. The monoisotopic (exact) mass is 346 g/mol. The predicted octanol–water partition coefficient (Wildman–Crippen LogP) is 2.75. The van der Waals surface area contributed by atoms with Gasteiger partial charge in [-0.15, -0.1) is 12.4 Å². The van der Waals surface area contributed by atoms with Crippen LogP contribution in [0.5, 0.6) is 0 Å². The summed E-state index contributed by atoms with van der Waals surface area (Å²) in [7, 11) is 1.83. The summed E-state index contributed by atoms with van der Waals surface area (Å²) in [6, 6.07) is 1.24. The highest BCUT2D eigenvalue weighted by Gasteiger charge is 2.38. The van der Waals surface area contributed by atoms with Gasteiger partial charge in [0.05, 0.1) is 13.2 Å². The molecule has 0 aromatic rings. The molecule has 4 nitrogen and oxygen atoms in total. The van der Waals surface area contributed by atoms with Crippen molar-refractivity contribution in [3.8, 4) is 0 Å². The zero-order chi connectivity index (χ0) is 15.3. The van der Waals surface area contributed by atoms with Crippen LogP contribution in [0.2, 0.25) is 0 Å². The van der Waals surface area contributed by atoms with Crippen molar-refractivity contribution in [1.82, 2.24) is 10.6 Å². The first-order valence-electron chi connectivity index (χ1n) is 9.36. The Kier molecular flexibility index (Phi) is 8.10. The number of morpholine rings is 1. The number of hydrogen-bond donors (Lipinski definition) is 2. The lowest BCUT2D eigenvalue weighted by atomic mass is 9.82. The van der Waals surface area contributed by atoms with Gasteiger partial charge in [-0.25, -0.2) is 0 Å². The maximum absolute atomic E-state index is 5.69. The highest BCUT2D eigenvalue weighted by atomic mass is 35.5. The molecule has 3 fully saturated rings. The Bertz CT molecular complexity index is 331. The predicted molar refractivity (Wildman–Crippen MR) is 96.4 cm³/mol. The van der Waals surface area contributed by atoms with Gasteiger partial charge >= 0.3 is 0 Å². The third-order valence-electron chi connectivity index (χ3n) is 6.28. The molecule has 2 N–H and O–H groups in total. The Hall–Kier alpha value is 0.130. The largest absolute Gasteiger partial charge is 0.385 e. The second kappa shape index (κ2) is 9.57. The lowest BCUT2D eigenvalue weighted by Gasteiger charge is -2.36. The van der Waals surface area contributed by atoms with E-state index in [0.717, 1.165) is 32.3 Å². The van der Waals surface area contributed by atoms with Crippen molar-refractivity contribution in [2.45, 2.75) is 63.5 Å². The van der Waals surface area contributed by atoms with Gasteiger partial charge in [-0.3, -0.25) is 0 Å². The van der Waals surface area contributed by atoms with Gasteiger partial charge in [-0.1, -0.05) is 19.3 Å². The van der Waals surface area contributed by atoms with Crippen molar-refractivity contribution in [1.29, 1.82) is 0 Å². The van der Waals surface area contributed by atoms with Gasteiger partial charge in [-0.2, -0.15) is 0 Å². The Morgan fingerprint density at radius 1 is 1.22 bits per heavy atom. The molecule has 0 aromatic heterocycles. The van der Waals surface area contributed by atoms with Crippen LogP contribution in [0, 0.1) is 11.3 Å². The minimum atomic E-state index is 0. The minimum Gasteiger partial charge on any atom is -0.385 e. The van der Waals surface area contributed by atoms with Crippen LogP contribution >= 0.6 is 12.4 Å². The van der Waals surface area contributed by atoms with Crippen LogP contribution in [0.25, 0.3) is 0 Å². The molecule has 1 aliphatic heterocycles. The first-order chi connectivity index (χ1) is 10.8. The van der Waals surface area contributed by atoms with Crippen molar-refractivity contribution in [2.24, 2.45) is 11.3 Å². The fourth-order valence-electron chi connectivity index (χ4n) is 4.89. The molecule has 0 radical (unpaired) electrons. The standard InChI is InChI=1S/C18H34N2O2.ClH/c1-21-11-9-18(7-2-3-8-18)14-20-16-6-4-5-15(16)17-13-22-12-10-19-17;/h15-17,19-20H,2-14H2,1H3;1H. The van der Waals surface area contributed by atoms with E-state index in [-0.39, 0.29) is 12.4 Å². The molecule has 1 saturated heterocycles.